The molecule has 1 N–H and O–H groups in total. The maximum Gasteiger partial charge on any atom is 0.306 e. The van der Waals surface area contributed by atoms with E-state index in [1.54, 1.807) is 28.2 Å². The summed E-state index contributed by atoms with van der Waals surface area (Å²) in [6.07, 6.45) is 5.88. The topological polar surface area (TPSA) is 77.9 Å². The van der Waals surface area contributed by atoms with Crippen molar-refractivity contribution < 1.29 is 19.5 Å². The molecule has 148 valence electrons. The fourth-order valence-electron chi connectivity index (χ4n) is 4.39. The summed E-state index contributed by atoms with van der Waals surface area (Å²) in [5.74, 6) is -1.20. The Bertz CT molecular complexity index is 674. The predicted octanol–water partition coefficient (Wildman–Crippen LogP) is 2.73. The number of nitrogens with zero attached hydrogens (tertiary/aromatic N) is 2. The molecule has 27 heavy (non-hydrogen) atoms. The summed E-state index contributed by atoms with van der Waals surface area (Å²) in [7, 11) is 1.72. The van der Waals surface area contributed by atoms with E-state index in [-0.39, 0.29) is 24.3 Å². The highest BCUT2D eigenvalue weighted by molar-refractivity contribution is 7.10. The lowest BCUT2D eigenvalue weighted by molar-refractivity contribution is -0.147. The van der Waals surface area contributed by atoms with Gasteiger partial charge in [-0.05, 0) is 37.1 Å². The highest BCUT2D eigenvalue weighted by Crippen LogP contribution is 2.42. The van der Waals surface area contributed by atoms with Crippen LogP contribution in [-0.4, -0.2) is 59.4 Å². The minimum absolute atomic E-state index is 0.0402. The van der Waals surface area contributed by atoms with Crippen molar-refractivity contribution in [2.24, 2.45) is 5.92 Å². The lowest BCUT2D eigenvalue weighted by Crippen LogP contribution is -2.50. The minimum atomic E-state index is -0.787. The van der Waals surface area contributed by atoms with Gasteiger partial charge in [-0.3, -0.25) is 14.4 Å². The molecule has 1 saturated heterocycles. The van der Waals surface area contributed by atoms with Gasteiger partial charge in [0.15, 0.2) is 0 Å². The molecule has 2 fully saturated rings. The molecule has 1 aliphatic carbocycles. The van der Waals surface area contributed by atoms with Gasteiger partial charge < -0.3 is 14.9 Å². The van der Waals surface area contributed by atoms with E-state index in [0.29, 0.717) is 25.9 Å². The van der Waals surface area contributed by atoms with Crippen LogP contribution in [0.25, 0.3) is 0 Å². The molecule has 3 rings (SSSR count). The smallest absolute Gasteiger partial charge is 0.306 e. The molecule has 2 heterocycles. The van der Waals surface area contributed by atoms with Crippen LogP contribution in [0, 0.1) is 5.92 Å². The minimum Gasteiger partial charge on any atom is -0.481 e. The fourth-order valence-corrected chi connectivity index (χ4v) is 5.37. The molecular weight excluding hydrogens is 364 g/mol. The first-order valence-corrected chi connectivity index (χ1v) is 10.6. The van der Waals surface area contributed by atoms with Crippen LogP contribution in [0.15, 0.2) is 17.5 Å². The van der Waals surface area contributed by atoms with E-state index in [1.807, 2.05) is 17.5 Å². The second-order valence-electron chi connectivity index (χ2n) is 7.77. The van der Waals surface area contributed by atoms with Crippen molar-refractivity contribution in [3.8, 4) is 0 Å². The van der Waals surface area contributed by atoms with E-state index >= 15 is 0 Å². The molecule has 2 aliphatic rings. The van der Waals surface area contributed by atoms with Gasteiger partial charge in [0.05, 0.1) is 17.9 Å². The number of aliphatic carboxylic acids is 1. The molecular formula is C20H28N2O4S. The van der Waals surface area contributed by atoms with Gasteiger partial charge in [-0.2, -0.15) is 0 Å². The molecule has 0 bridgehead atoms. The Labute approximate surface area is 164 Å². The second-order valence-corrected chi connectivity index (χ2v) is 8.72. The van der Waals surface area contributed by atoms with Crippen LogP contribution in [0.3, 0.4) is 0 Å². The zero-order valence-corrected chi connectivity index (χ0v) is 16.7. The summed E-state index contributed by atoms with van der Waals surface area (Å²) in [5, 5.41) is 11.1. The molecule has 0 aromatic carbocycles. The van der Waals surface area contributed by atoms with Gasteiger partial charge in [-0.1, -0.05) is 25.3 Å². The van der Waals surface area contributed by atoms with Crippen molar-refractivity contribution in [2.75, 3.05) is 26.7 Å². The first kappa shape index (κ1) is 19.9. The van der Waals surface area contributed by atoms with Gasteiger partial charge in [0, 0.05) is 25.0 Å². The Morgan fingerprint density at radius 3 is 2.44 bits per heavy atom. The fraction of sp³-hybridized carbons (Fsp3) is 0.650. The van der Waals surface area contributed by atoms with E-state index in [9.17, 15) is 14.4 Å². The van der Waals surface area contributed by atoms with E-state index < -0.39 is 11.4 Å². The van der Waals surface area contributed by atoms with Gasteiger partial charge in [0.25, 0.3) is 0 Å². The Hall–Kier alpha value is -1.89. The van der Waals surface area contributed by atoms with Crippen LogP contribution < -0.4 is 0 Å². The number of amides is 2. The van der Waals surface area contributed by atoms with Crippen LogP contribution in [0.2, 0.25) is 0 Å². The lowest BCUT2D eigenvalue weighted by atomic mass is 9.72. The normalized spacial score (nSPS) is 20.3. The highest BCUT2D eigenvalue weighted by Gasteiger charge is 2.44. The third kappa shape index (κ3) is 4.18. The number of carboxylic acid groups (broad SMARTS) is 1. The average Bonchev–Trinajstić information content (AvgIpc) is 3.23. The summed E-state index contributed by atoms with van der Waals surface area (Å²) in [5.41, 5.74) is -0.488. The first-order chi connectivity index (χ1) is 12.9. The maximum absolute atomic E-state index is 13.4. The lowest BCUT2D eigenvalue weighted by Gasteiger charge is -2.38. The first-order valence-electron chi connectivity index (χ1n) is 9.74. The maximum atomic E-state index is 13.4. The van der Waals surface area contributed by atoms with Gasteiger partial charge in [0.2, 0.25) is 11.8 Å². The van der Waals surface area contributed by atoms with E-state index in [2.05, 4.69) is 0 Å². The summed E-state index contributed by atoms with van der Waals surface area (Å²) >= 11 is 1.63. The van der Waals surface area contributed by atoms with Gasteiger partial charge in [-0.25, -0.2) is 0 Å². The van der Waals surface area contributed by atoms with Crippen molar-refractivity contribution in [3.63, 3.8) is 0 Å². The molecule has 1 aliphatic heterocycles. The molecule has 0 spiro atoms. The number of rotatable bonds is 5. The SMILES string of the molecule is CN(CC(=O)N1CCC(C(=O)O)CC1)C(=O)C1(c2cccs2)CCCCC1. The summed E-state index contributed by atoms with van der Waals surface area (Å²) in [6.45, 7) is 0.964. The summed E-state index contributed by atoms with van der Waals surface area (Å²) < 4.78 is 0. The van der Waals surface area contributed by atoms with Gasteiger partial charge >= 0.3 is 5.97 Å². The van der Waals surface area contributed by atoms with Crippen LogP contribution in [-0.2, 0) is 19.8 Å². The number of carbonyl (C=O) groups excluding carboxylic acids is 2. The Kier molecular flexibility index (Phi) is 6.19. The van der Waals surface area contributed by atoms with Crippen molar-refractivity contribution in [3.05, 3.63) is 22.4 Å². The summed E-state index contributed by atoms with van der Waals surface area (Å²) in [4.78, 5) is 41.5. The number of carboxylic acids is 1. The average molecular weight is 393 g/mol. The third-order valence-electron chi connectivity index (χ3n) is 6.03. The number of likely N-dealkylation sites (tertiary alicyclic amines) is 1. The van der Waals surface area contributed by atoms with Crippen LogP contribution in [0.4, 0.5) is 0 Å². The molecule has 6 nitrogen and oxygen atoms in total. The number of likely N-dealkylation sites (N-methyl/N-ethyl adjacent to an activating group) is 1. The van der Waals surface area contributed by atoms with Crippen molar-refractivity contribution in [2.45, 2.75) is 50.4 Å². The molecule has 1 saturated carbocycles. The Balaban J connectivity index is 1.64. The van der Waals surface area contributed by atoms with Crippen molar-refractivity contribution in [1.82, 2.24) is 9.80 Å². The number of thiophene rings is 1. The highest BCUT2D eigenvalue weighted by atomic mass is 32.1. The van der Waals surface area contributed by atoms with E-state index in [1.165, 1.54) is 0 Å². The quantitative estimate of drug-likeness (QED) is 0.836. The molecule has 0 radical (unpaired) electrons. The Morgan fingerprint density at radius 2 is 1.89 bits per heavy atom. The summed E-state index contributed by atoms with van der Waals surface area (Å²) in [6, 6.07) is 4.03. The molecule has 1 aromatic rings. The molecule has 0 unspecified atom stereocenters. The van der Waals surface area contributed by atoms with Crippen LogP contribution >= 0.6 is 11.3 Å². The molecule has 1 aromatic heterocycles. The van der Waals surface area contributed by atoms with Gasteiger partial charge in [0.1, 0.15) is 0 Å². The third-order valence-corrected chi connectivity index (χ3v) is 7.10. The predicted molar refractivity (Wildman–Crippen MR) is 104 cm³/mol. The standard InChI is InChI=1S/C20H28N2O4S/c1-21(14-17(23)22-11-7-15(8-12-22)18(24)25)19(26)20(9-3-2-4-10-20)16-6-5-13-27-16/h5-6,13,15H,2-4,7-12,14H2,1H3,(H,24,25). The van der Waals surface area contributed by atoms with E-state index in [0.717, 1.165) is 37.0 Å². The second kappa shape index (κ2) is 8.42. The Morgan fingerprint density at radius 1 is 1.22 bits per heavy atom. The van der Waals surface area contributed by atoms with Crippen LogP contribution in [0.5, 0.6) is 0 Å². The van der Waals surface area contributed by atoms with Crippen LogP contribution in [0.1, 0.15) is 49.8 Å². The van der Waals surface area contributed by atoms with E-state index in [4.69, 9.17) is 5.11 Å². The molecule has 7 heteroatoms. The largest absolute Gasteiger partial charge is 0.481 e. The van der Waals surface area contributed by atoms with Gasteiger partial charge in [-0.15, -0.1) is 11.3 Å². The monoisotopic (exact) mass is 392 g/mol. The zero-order valence-electron chi connectivity index (χ0n) is 15.9. The number of carbonyl (C=O) groups is 3. The number of piperidine rings is 1. The zero-order chi connectivity index (χ0) is 19.4. The molecule has 2 amide bonds. The number of hydrogen-bond acceptors (Lipinski definition) is 4. The number of hydrogen-bond donors (Lipinski definition) is 1. The van der Waals surface area contributed by atoms with Crippen molar-refractivity contribution in [1.29, 1.82) is 0 Å². The molecule has 0 atom stereocenters. The van der Waals surface area contributed by atoms with Crippen molar-refractivity contribution >= 4 is 29.1 Å².